The van der Waals surface area contributed by atoms with Crippen molar-refractivity contribution in [2.45, 2.75) is 25.7 Å². The third-order valence-electron chi connectivity index (χ3n) is 3.18. The third kappa shape index (κ3) is 4.51. The van der Waals surface area contributed by atoms with Crippen LogP contribution in [0, 0.1) is 0 Å². The van der Waals surface area contributed by atoms with Crippen molar-refractivity contribution in [1.29, 1.82) is 0 Å². The maximum Gasteiger partial charge on any atom is 0.419 e. The van der Waals surface area contributed by atoms with Crippen LogP contribution < -0.4 is 15.8 Å². The summed E-state index contributed by atoms with van der Waals surface area (Å²) in [7, 11) is 0. The molecule has 0 bridgehead atoms. The molecule has 3 N–H and O–H groups in total. The van der Waals surface area contributed by atoms with Gasteiger partial charge in [-0.2, -0.15) is 13.2 Å². The first-order valence-corrected chi connectivity index (χ1v) is 7.18. The van der Waals surface area contributed by atoms with E-state index in [1.807, 2.05) is 0 Å². The van der Waals surface area contributed by atoms with Gasteiger partial charge in [0.15, 0.2) is 0 Å². The van der Waals surface area contributed by atoms with Crippen LogP contribution >= 0.6 is 0 Å². The van der Waals surface area contributed by atoms with Crippen LogP contribution in [0.5, 0.6) is 5.75 Å². The van der Waals surface area contributed by atoms with Crippen LogP contribution in [-0.2, 0) is 12.7 Å². The third-order valence-corrected chi connectivity index (χ3v) is 3.18. The number of ether oxygens (including phenoxy) is 1. The fraction of sp³-hybridized carbons (Fsp3) is 0.312. The Balaban J connectivity index is 1.94. The molecule has 24 heavy (non-hydrogen) atoms. The molecule has 0 radical (unpaired) electrons. The van der Waals surface area contributed by atoms with Gasteiger partial charge in [0.2, 0.25) is 0 Å². The molecule has 1 amide bonds. The molecule has 0 saturated carbocycles. The number of hydrogen-bond donors (Lipinski definition) is 2. The van der Waals surface area contributed by atoms with Crippen molar-refractivity contribution in [2.24, 2.45) is 5.73 Å². The summed E-state index contributed by atoms with van der Waals surface area (Å²) in [6, 6.07) is 5.92. The Bertz CT molecular complexity index is 698. The summed E-state index contributed by atoms with van der Waals surface area (Å²) >= 11 is 0. The van der Waals surface area contributed by atoms with Crippen molar-refractivity contribution < 1.29 is 27.1 Å². The number of rotatable bonds is 6. The molecule has 0 fully saturated rings. The summed E-state index contributed by atoms with van der Waals surface area (Å²) in [6.07, 6.45) is -3.23. The molecular formula is C16H17F3N2O3. The fourth-order valence-corrected chi connectivity index (χ4v) is 2.00. The van der Waals surface area contributed by atoms with E-state index in [0.717, 1.165) is 6.07 Å². The molecule has 5 nitrogen and oxygen atoms in total. The highest BCUT2D eigenvalue weighted by atomic mass is 19.4. The lowest BCUT2D eigenvalue weighted by Gasteiger charge is -2.17. The number of nitrogens with one attached hydrogen (secondary N) is 1. The molecule has 130 valence electrons. The van der Waals surface area contributed by atoms with E-state index in [1.54, 1.807) is 6.92 Å². The maximum absolute atomic E-state index is 12.9. The number of benzene rings is 1. The van der Waals surface area contributed by atoms with E-state index >= 15 is 0 Å². The Kier molecular flexibility index (Phi) is 5.50. The molecular weight excluding hydrogens is 325 g/mol. The molecule has 0 saturated heterocycles. The minimum atomic E-state index is -4.50. The first kappa shape index (κ1) is 17.9. The van der Waals surface area contributed by atoms with Gasteiger partial charge in [-0.15, -0.1) is 0 Å². The minimum absolute atomic E-state index is 0.111. The van der Waals surface area contributed by atoms with Gasteiger partial charge in [-0.25, -0.2) is 0 Å². The summed E-state index contributed by atoms with van der Waals surface area (Å²) in [5, 5.41) is 2.62. The Labute approximate surface area is 136 Å². The van der Waals surface area contributed by atoms with Crippen LogP contribution in [0.1, 0.15) is 28.6 Å². The first-order valence-electron chi connectivity index (χ1n) is 7.18. The van der Waals surface area contributed by atoms with Crippen LogP contribution in [-0.4, -0.2) is 18.6 Å². The second-order valence-electron chi connectivity index (χ2n) is 5.19. The van der Waals surface area contributed by atoms with Crippen molar-refractivity contribution in [3.8, 4) is 5.75 Å². The highest BCUT2D eigenvalue weighted by Crippen LogP contribution is 2.35. The lowest BCUT2D eigenvalue weighted by Crippen LogP contribution is -2.36. The number of nitrogens with two attached hydrogens (primary N) is 1. The second kappa shape index (κ2) is 7.39. The second-order valence-corrected chi connectivity index (χ2v) is 5.19. The molecule has 2 rings (SSSR count). The van der Waals surface area contributed by atoms with Crippen LogP contribution in [0.15, 0.2) is 41.0 Å². The van der Waals surface area contributed by atoms with Crippen molar-refractivity contribution in [3.05, 3.63) is 53.5 Å². The molecule has 0 spiro atoms. The number of hydrogen-bond acceptors (Lipinski definition) is 4. The van der Waals surface area contributed by atoms with Crippen LogP contribution in [0.2, 0.25) is 0 Å². The van der Waals surface area contributed by atoms with E-state index in [-0.39, 0.29) is 24.5 Å². The molecule has 1 aromatic heterocycles. The molecule has 0 aliphatic carbocycles. The van der Waals surface area contributed by atoms with Gasteiger partial charge < -0.3 is 20.2 Å². The Morgan fingerprint density at radius 3 is 2.71 bits per heavy atom. The molecule has 1 heterocycles. The average molecular weight is 342 g/mol. The van der Waals surface area contributed by atoms with E-state index in [9.17, 15) is 18.0 Å². The normalized spacial score (nSPS) is 12.7. The van der Waals surface area contributed by atoms with Crippen LogP contribution in [0.3, 0.4) is 0 Å². The van der Waals surface area contributed by atoms with Gasteiger partial charge in [0.05, 0.1) is 23.7 Å². The SMILES string of the molecule is CC(COc1ccccc1C(F)(F)F)NC(=O)c1coc(CN)c1. The van der Waals surface area contributed by atoms with Crippen molar-refractivity contribution >= 4 is 5.91 Å². The minimum Gasteiger partial charge on any atom is -0.491 e. The predicted octanol–water partition coefficient (Wildman–Crippen LogP) is 2.95. The molecule has 1 atom stereocenters. The predicted molar refractivity (Wildman–Crippen MR) is 80.5 cm³/mol. The smallest absolute Gasteiger partial charge is 0.419 e. The van der Waals surface area contributed by atoms with E-state index < -0.39 is 23.7 Å². The summed E-state index contributed by atoms with van der Waals surface area (Å²) in [5.41, 5.74) is 4.82. The summed E-state index contributed by atoms with van der Waals surface area (Å²) < 4.78 is 48.9. The van der Waals surface area contributed by atoms with E-state index in [2.05, 4.69) is 5.32 Å². The number of carbonyl (C=O) groups is 1. The average Bonchev–Trinajstić information content (AvgIpc) is 3.01. The quantitative estimate of drug-likeness (QED) is 0.846. The zero-order valence-corrected chi connectivity index (χ0v) is 12.9. The van der Waals surface area contributed by atoms with Gasteiger partial charge in [0, 0.05) is 0 Å². The highest BCUT2D eigenvalue weighted by molar-refractivity contribution is 5.94. The van der Waals surface area contributed by atoms with Gasteiger partial charge in [-0.1, -0.05) is 12.1 Å². The van der Waals surface area contributed by atoms with Gasteiger partial charge in [0.25, 0.3) is 5.91 Å². The largest absolute Gasteiger partial charge is 0.491 e. The number of furan rings is 1. The Morgan fingerprint density at radius 1 is 1.38 bits per heavy atom. The molecule has 0 aliphatic heterocycles. The van der Waals surface area contributed by atoms with Gasteiger partial charge in [-0.3, -0.25) is 4.79 Å². The number of amides is 1. The molecule has 0 aliphatic rings. The molecule has 1 unspecified atom stereocenters. The Hall–Kier alpha value is -2.48. The van der Waals surface area contributed by atoms with Crippen molar-refractivity contribution in [3.63, 3.8) is 0 Å². The molecule has 8 heteroatoms. The zero-order chi connectivity index (χ0) is 17.7. The topological polar surface area (TPSA) is 77.5 Å². The van der Waals surface area contributed by atoms with Crippen LogP contribution in [0.4, 0.5) is 13.2 Å². The van der Waals surface area contributed by atoms with E-state index in [1.165, 1.54) is 30.5 Å². The number of halogens is 3. The lowest BCUT2D eigenvalue weighted by molar-refractivity contribution is -0.139. The van der Waals surface area contributed by atoms with E-state index in [0.29, 0.717) is 5.76 Å². The maximum atomic E-state index is 12.9. The highest BCUT2D eigenvalue weighted by Gasteiger charge is 2.34. The zero-order valence-electron chi connectivity index (χ0n) is 12.9. The molecule has 2 aromatic rings. The summed E-state index contributed by atoms with van der Waals surface area (Å²) in [5.74, 6) is -0.235. The number of para-hydroxylation sites is 1. The van der Waals surface area contributed by atoms with Crippen LogP contribution in [0.25, 0.3) is 0 Å². The van der Waals surface area contributed by atoms with Gasteiger partial charge >= 0.3 is 6.18 Å². The number of carbonyl (C=O) groups excluding carboxylic acids is 1. The lowest BCUT2D eigenvalue weighted by atomic mass is 10.2. The summed E-state index contributed by atoms with van der Waals surface area (Å²) in [4.78, 5) is 12.0. The van der Waals surface area contributed by atoms with Gasteiger partial charge in [0.1, 0.15) is 24.4 Å². The summed E-state index contributed by atoms with van der Waals surface area (Å²) in [6.45, 7) is 1.68. The fourth-order valence-electron chi connectivity index (χ4n) is 2.00. The molecule has 1 aromatic carbocycles. The van der Waals surface area contributed by atoms with Crippen molar-refractivity contribution in [2.75, 3.05) is 6.61 Å². The number of alkyl halides is 3. The standard InChI is InChI=1S/C16H17F3N2O3/c1-10(21-15(22)11-6-12(7-20)23-9-11)8-24-14-5-3-2-4-13(14)16(17,18)19/h2-6,9-10H,7-8,20H2,1H3,(H,21,22). The van der Waals surface area contributed by atoms with E-state index in [4.69, 9.17) is 14.9 Å². The van der Waals surface area contributed by atoms with Crippen molar-refractivity contribution in [1.82, 2.24) is 5.32 Å². The van der Waals surface area contributed by atoms with Gasteiger partial charge in [-0.05, 0) is 25.1 Å². The first-order chi connectivity index (χ1) is 11.3. The monoisotopic (exact) mass is 342 g/mol. The Morgan fingerprint density at radius 2 is 2.08 bits per heavy atom.